The number of fused-ring (bicyclic) bond motifs is 1. The molecule has 0 spiro atoms. The molecule has 72 valence electrons. The molecule has 3 nitrogen and oxygen atoms in total. The highest BCUT2D eigenvalue weighted by Gasteiger charge is 2.03. The summed E-state index contributed by atoms with van der Waals surface area (Å²) in [5.74, 6) is 5.46. The standard InChI is InChI=1S/C11H13N3/c1-7-4-3-5-9-10(14-12)6-8(2)13-11(7)9/h3-6H,12H2,1-2H3,(H,13,14). The number of hydrogen-bond acceptors (Lipinski definition) is 3. The second-order valence-corrected chi connectivity index (χ2v) is 3.43. The first-order valence-electron chi connectivity index (χ1n) is 4.56. The van der Waals surface area contributed by atoms with E-state index in [1.165, 1.54) is 5.56 Å². The van der Waals surface area contributed by atoms with Crippen LogP contribution in [0.3, 0.4) is 0 Å². The van der Waals surface area contributed by atoms with Crippen molar-refractivity contribution in [1.29, 1.82) is 0 Å². The largest absolute Gasteiger partial charge is 0.323 e. The van der Waals surface area contributed by atoms with Crippen LogP contribution < -0.4 is 11.3 Å². The number of nitrogens with two attached hydrogens (primary N) is 1. The van der Waals surface area contributed by atoms with Gasteiger partial charge >= 0.3 is 0 Å². The highest BCUT2D eigenvalue weighted by molar-refractivity contribution is 5.93. The molecule has 1 aromatic carbocycles. The van der Waals surface area contributed by atoms with Crippen molar-refractivity contribution < 1.29 is 0 Å². The number of benzene rings is 1. The van der Waals surface area contributed by atoms with Gasteiger partial charge in [0.1, 0.15) is 0 Å². The Kier molecular flexibility index (Phi) is 2.09. The molecule has 0 saturated carbocycles. The number of pyridine rings is 1. The van der Waals surface area contributed by atoms with Gasteiger partial charge in [-0.3, -0.25) is 10.8 Å². The number of aromatic nitrogens is 1. The molecule has 0 atom stereocenters. The summed E-state index contributed by atoms with van der Waals surface area (Å²) in [5, 5.41) is 1.07. The Hall–Kier alpha value is -1.61. The summed E-state index contributed by atoms with van der Waals surface area (Å²) < 4.78 is 0. The Bertz CT molecular complexity index is 477. The van der Waals surface area contributed by atoms with E-state index in [0.29, 0.717) is 0 Å². The number of hydrogen-bond donors (Lipinski definition) is 2. The fourth-order valence-electron chi connectivity index (χ4n) is 1.64. The number of nitrogen functional groups attached to an aromatic ring is 1. The zero-order valence-corrected chi connectivity index (χ0v) is 8.33. The highest BCUT2D eigenvalue weighted by Crippen LogP contribution is 2.24. The van der Waals surface area contributed by atoms with Crippen LogP contribution >= 0.6 is 0 Å². The van der Waals surface area contributed by atoms with E-state index in [0.717, 1.165) is 22.3 Å². The number of anilines is 1. The SMILES string of the molecule is Cc1cc(NN)c2cccc(C)c2n1. The molecule has 0 unspecified atom stereocenters. The molecule has 0 saturated heterocycles. The van der Waals surface area contributed by atoms with Crippen LogP contribution in [0.2, 0.25) is 0 Å². The normalized spacial score (nSPS) is 10.5. The van der Waals surface area contributed by atoms with Crippen molar-refractivity contribution in [2.45, 2.75) is 13.8 Å². The monoisotopic (exact) mass is 187 g/mol. The Morgan fingerprint density at radius 1 is 1.29 bits per heavy atom. The predicted molar refractivity (Wildman–Crippen MR) is 59.0 cm³/mol. The first kappa shape index (κ1) is 8.97. The molecule has 0 bridgehead atoms. The van der Waals surface area contributed by atoms with Crippen molar-refractivity contribution in [2.24, 2.45) is 5.84 Å². The summed E-state index contributed by atoms with van der Waals surface area (Å²) in [4.78, 5) is 4.49. The van der Waals surface area contributed by atoms with Gasteiger partial charge in [-0.15, -0.1) is 0 Å². The predicted octanol–water partition coefficient (Wildman–Crippen LogP) is 2.14. The van der Waals surface area contributed by atoms with Crippen LogP contribution in [0, 0.1) is 13.8 Å². The van der Waals surface area contributed by atoms with Crippen LogP contribution in [0.15, 0.2) is 24.3 Å². The molecule has 0 radical (unpaired) electrons. The van der Waals surface area contributed by atoms with Crippen molar-refractivity contribution in [3.63, 3.8) is 0 Å². The molecule has 2 aromatic rings. The fourth-order valence-corrected chi connectivity index (χ4v) is 1.64. The molecular weight excluding hydrogens is 174 g/mol. The lowest BCUT2D eigenvalue weighted by Gasteiger charge is -2.08. The topological polar surface area (TPSA) is 50.9 Å². The third kappa shape index (κ3) is 1.32. The minimum atomic E-state index is 0.927. The van der Waals surface area contributed by atoms with Crippen LogP contribution in [-0.2, 0) is 0 Å². The Labute approximate surface area is 82.9 Å². The van der Waals surface area contributed by atoms with Crippen LogP contribution in [0.5, 0.6) is 0 Å². The lowest BCUT2D eigenvalue weighted by molar-refractivity contribution is 1.23. The smallest absolute Gasteiger partial charge is 0.0755 e. The summed E-state index contributed by atoms with van der Waals surface area (Å²) in [6.45, 7) is 4.02. The Morgan fingerprint density at radius 3 is 2.79 bits per heavy atom. The molecule has 0 amide bonds. The van der Waals surface area contributed by atoms with E-state index in [4.69, 9.17) is 5.84 Å². The maximum atomic E-state index is 5.46. The third-order valence-corrected chi connectivity index (χ3v) is 2.32. The average molecular weight is 187 g/mol. The van der Waals surface area contributed by atoms with Gasteiger partial charge in [0.2, 0.25) is 0 Å². The van der Waals surface area contributed by atoms with E-state index in [9.17, 15) is 0 Å². The number of nitrogens with zero attached hydrogens (tertiary/aromatic N) is 1. The van der Waals surface area contributed by atoms with E-state index in [-0.39, 0.29) is 0 Å². The van der Waals surface area contributed by atoms with Gasteiger partial charge in [-0.1, -0.05) is 18.2 Å². The maximum absolute atomic E-state index is 5.46. The average Bonchev–Trinajstić information content (AvgIpc) is 2.18. The molecule has 0 aliphatic rings. The highest BCUT2D eigenvalue weighted by atomic mass is 15.2. The van der Waals surface area contributed by atoms with Gasteiger partial charge < -0.3 is 5.43 Å². The summed E-state index contributed by atoms with van der Waals surface area (Å²) in [7, 11) is 0. The van der Waals surface area contributed by atoms with E-state index in [1.54, 1.807) is 0 Å². The van der Waals surface area contributed by atoms with Crippen molar-refractivity contribution in [1.82, 2.24) is 4.98 Å². The molecule has 0 fully saturated rings. The van der Waals surface area contributed by atoms with Crippen LogP contribution in [0.4, 0.5) is 5.69 Å². The minimum absolute atomic E-state index is 0.927. The molecule has 2 rings (SSSR count). The van der Waals surface area contributed by atoms with Crippen LogP contribution in [0.1, 0.15) is 11.3 Å². The first-order valence-corrected chi connectivity index (χ1v) is 4.56. The van der Waals surface area contributed by atoms with Gasteiger partial charge in [-0.25, -0.2) is 0 Å². The fraction of sp³-hybridized carbons (Fsp3) is 0.182. The van der Waals surface area contributed by atoms with Crippen molar-refractivity contribution in [2.75, 3.05) is 5.43 Å². The molecule has 3 heteroatoms. The van der Waals surface area contributed by atoms with Crippen molar-refractivity contribution in [3.8, 4) is 0 Å². The lowest BCUT2D eigenvalue weighted by Crippen LogP contribution is -2.08. The van der Waals surface area contributed by atoms with Crippen LogP contribution in [-0.4, -0.2) is 4.98 Å². The van der Waals surface area contributed by atoms with Gasteiger partial charge in [-0.05, 0) is 25.5 Å². The van der Waals surface area contributed by atoms with Crippen LogP contribution in [0.25, 0.3) is 10.9 Å². The van der Waals surface area contributed by atoms with E-state index < -0.39 is 0 Å². The zero-order chi connectivity index (χ0) is 10.1. The summed E-state index contributed by atoms with van der Waals surface area (Å²) in [6, 6.07) is 8.02. The van der Waals surface area contributed by atoms with Crippen molar-refractivity contribution in [3.05, 3.63) is 35.5 Å². The Balaban J connectivity index is 2.87. The molecule has 0 aliphatic heterocycles. The van der Waals surface area contributed by atoms with Crippen molar-refractivity contribution >= 4 is 16.6 Å². The quantitative estimate of drug-likeness (QED) is 0.531. The van der Waals surface area contributed by atoms with Gasteiger partial charge in [0.05, 0.1) is 11.2 Å². The first-order chi connectivity index (χ1) is 6.72. The molecule has 1 heterocycles. The summed E-state index contributed by atoms with van der Waals surface area (Å²) in [5.41, 5.74) is 6.78. The number of rotatable bonds is 1. The lowest BCUT2D eigenvalue weighted by atomic mass is 10.1. The third-order valence-electron chi connectivity index (χ3n) is 2.32. The van der Waals surface area contributed by atoms with E-state index >= 15 is 0 Å². The molecule has 3 N–H and O–H groups in total. The van der Waals surface area contributed by atoms with Gasteiger partial charge in [0, 0.05) is 11.1 Å². The van der Waals surface area contributed by atoms with Gasteiger partial charge in [0.15, 0.2) is 0 Å². The van der Waals surface area contributed by atoms with Gasteiger partial charge in [-0.2, -0.15) is 0 Å². The molecular formula is C11H13N3. The summed E-state index contributed by atoms with van der Waals surface area (Å²) >= 11 is 0. The second kappa shape index (κ2) is 3.27. The van der Waals surface area contributed by atoms with E-state index in [2.05, 4.69) is 23.4 Å². The number of hydrazine groups is 1. The molecule has 0 aliphatic carbocycles. The molecule has 14 heavy (non-hydrogen) atoms. The summed E-state index contributed by atoms with van der Waals surface area (Å²) in [6.07, 6.45) is 0. The zero-order valence-electron chi connectivity index (χ0n) is 8.33. The Morgan fingerprint density at radius 2 is 2.07 bits per heavy atom. The number of aryl methyl sites for hydroxylation is 2. The second-order valence-electron chi connectivity index (χ2n) is 3.43. The number of nitrogens with one attached hydrogen (secondary N) is 1. The number of para-hydroxylation sites is 1. The van der Waals surface area contributed by atoms with Gasteiger partial charge in [0.25, 0.3) is 0 Å². The minimum Gasteiger partial charge on any atom is -0.323 e. The maximum Gasteiger partial charge on any atom is 0.0755 e. The van der Waals surface area contributed by atoms with E-state index in [1.807, 2.05) is 25.1 Å². The molecule has 1 aromatic heterocycles.